The summed E-state index contributed by atoms with van der Waals surface area (Å²) in [4.78, 5) is 6.21. The molecule has 0 amide bonds. The summed E-state index contributed by atoms with van der Waals surface area (Å²) in [6, 6.07) is 4.19. The summed E-state index contributed by atoms with van der Waals surface area (Å²) in [5, 5.41) is 12.1. The third-order valence-corrected chi connectivity index (χ3v) is 2.95. The van der Waals surface area contributed by atoms with Crippen LogP contribution in [0.15, 0.2) is 18.5 Å². The number of aromatic nitrogens is 1. The number of pyridine rings is 1. The van der Waals surface area contributed by atoms with Crippen LogP contribution in [0.4, 0.5) is 11.4 Å². The first-order valence-corrected chi connectivity index (χ1v) is 6.18. The highest BCUT2D eigenvalue weighted by Gasteiger charge is 2.17. The molecule has 0 saturated carbocycles. The minimum absolute atomic E-state index is 0.106. The Bertz CT molecular complexity index is 418. The number of rotatable bonds is 6. The standard InChI is InChI=1S/C14H22N4/c1-14(2,7-5-8-15)11-17-12-10-16-9-6-13(12)18(3)4/h6,9-10,17H,5,7,11H2,1-4H3. The molecule has 0 fully saturated rings. The molecule has 4 nitrogen and oxygen atoms in total. The lowest BCUT2D eigenvalue weighted by molar-refractivity contribution is 0.364. The molecule has 1 aromatic heterocycles. The predicted molar refractivity (Wildman–Crippen MR) is 75.7 cm³/mol. The van der Waals surface area contributed by atoms with Crippen molar-refractivity contribution in [1.29, 1.82) is 5.26 Å². The molecule has 0 spiro atoms. The van der Waals surface area contributed by atoms with Crippen molar-refractivity contribution in [3.8, 4) is 6.07 Å². The van der Waals surface area contributed by atoms with Crippen molar-refractivity contribution in [2.75, 3.05) is 30.9 Å². The fourth-order valence-electron chi connectivity index (χ4n) is 1.73. The molecular formula is C14H22N4. The number of nitrogens with one attached hydrogen (secondary N) is 1. The summed E-state index contributed by atoms with van der Waals surface area (Å²) in [5.41, 5.74) is 2.27. The van der Waals surface area contributed by atoms with Crippen molar-refractivity contribution in [2.24, 2.45) is 5.41 Å². The van der Waals surface area contributed by atoms with Gasteiger partial charge in [0.25, 0.3) is 0 Å². The van der Waals surface area contributed by atoms with Gasteiger partial charge in [0.05, 0.1) is 23.6 Å². The van der Waals surface area contributed by atoms with Crippen LogP contribution in [0.1, 0.15) is 26.7 Å². The quantitative estimate of drug-likeness (QED) is 0.838. The van der Waals surface area contributed by atoms with Gasteiger partial charge in [-0.05, 0) is 17.9 Å². The third-order valence-electron chi connectivity index (χ3n) is 2.95. The van der Waals surface area contributed by atoms with E-state index in [1.807, 2.05) is 26.4 Å². The van der Waals surface area contributed by atoms with Crippen LogP contribution in [-0.4, -0.2) is 25.6 Å². The fourth-order valence-corrected chi connectivity index (χ4v) is 1.73. The Hall–Kier alpha value is -1.76. The number of nitrogens with zero attached hydrogens (tertiary/aromatic N) is 3. The van der Waals surface area contributed by atoms with E-state index in [1.165, 1.54) is 0 Å². The summed E-state index contributed by atoms with van der Waals surface area (Å²) >= 11 is 0. The summed E-state index contributed by atoms with van der Waals surface area (Å²) < 4.78 is 0. The van der Waals surface area contributed by atoms with Crippen molar-refractivity contribution in [3.63, 3.8) is 0 Å². The van der Waals surface area contributed by atoms with Gasteiger partial charge in [0.1, 0.15) is 0 Å². The second-order valence-electron chi connectivity index (χ2n) is 5.46. The van der Waals surface area contributed by atoms with E-state index in [1.54, 1.807) is 6.20 Å². The van der Waals surface area contributed by atoms with E-state index in [-0.39, 0.29) is 5.41 Å². The summed E-state index contributed by atoms with van der Waals surface area (Å²) in [6.07, 6.45) is 5.13. The molecule has 18 heavy (non-hydrogen) atoms. The smallest absolute Gasteiger partial charge is 0.0764 e. The highest BCUT2D eigenvalue weighted by Crippen LogP contribution is 2.26. The molecule has 0 aliphatic carbocycles. The summed E-state index contributed by atoms with van der Waals surface area (Å²) in [5.74, 6) is 0. The Kier molecular flexibility index (Phi) is 4.96. The molecule has 98 valence electrons. The van der Waals surface area contributed by atoms with Crippen molar-refractivity contribution in [1.82, 2.24) is 4.98 Å². The zero-order chi connectivity index (χ0) is 13.6. The number of hydrogen-bond donors (Lipinski definition) is 1. The second kappa shape index (κ2) is 6.25. The lowest BCUT2D eigenvalue weighted by atomic mass is 9.88. The van der Waals surface area contributed by atoms with Crippen molar-refractivity contribution >= 4 is 11.4 Å². The molecule has 1 N–H and O–H groups in total. The van der Waals surface area contributed by atoms with Gasteiger partial charge in [0.2, 0.25) is 0 Å². The van der Waals surface area contributed by atoms with E-state index in [4.69, 9.17) is 5.26 Å². The lowest BCUT2D eigenvalue weighted by Crippen LogP contribution is -2.24. The molecule has 0 aromatic carbocycles. The van der Waals surface area contributed by atoms with Crippen LogP contribution in [-0.2, 0) is 0 Å². The highest BCUT2D eigenvalue weighted by atomic mass is 15.1. The molecule has 0 aliphatic heterocycles. The predicted octanol–water partition coefficient (Wildman–Crippen LogP) is 2.89. The zero-order valence-electron chi connectivity index (χ0n) is 11.7. The normalized spacial score (nSPS) is 10.8. The maximum absolute atomic E-state index is 8.64. The van der Waals surface area contributed by atoms with Crippen LogP contribution in [0.2, 0.25) is 0 Å². The van der Waals surface area contributed by atoms with Crippen LogP contribution in [0.3, 0.4) is 0 Å². The minimum atomic E-state index is 0.106. The van der Waals surface area contributed by atoms with E-state index in [0.717, 1.165) is 24.3 Å². The van der Waals surface area contributed by atoms with Crippen LogP contribution < -0.4 is 10.2 Å². The van der Waals surface area contributed by atoms with E-state index >= 15 is 0 Å². The van der Waals surface area contributed by atoms with E-state index in [0.29, 0.717) is 6.42 Å². The van der Waals surface area contributed by atoms with E-state index in [9.17, 15) is 0 Å². The Labute approximate surface area is 110 Å². The Morgan fingerprint density at radius 1 is 1.44 bits per heavy atom. The van der Waals surface area contributed by atoms with Gasteiger partial charge in [-0.1, -0.05) is 13.8 Å². The molecule has 0 radical (unpaired) electrons. The average molecular weight is 246 g/mol. The monoisotopic (exact) mass is 246 g/mol. The molecule has 0 unspecified atom stereocenters. The second-order valence-corrected chi connectivity index (χ2v) is 5.46. The first kappa shape index (κ1) is 14.3. The topological polar surface area (TPSA) is 52.0 Å². The first-order valence-electron chi connectivity index (χ1n) is 6.18. The fraction of sp³-hybridized carbons (Fsp3) is 0.571. The number of hydrogen-bond acceptors (Lipinski definition) is 4. The van der Waals surface area contributed by atoms with Gasteiger partial charge in [0, 0.05) is 33.3 Å². The van der Waals surface area contributed by atoms with Crippen LogP contribution in [0, 0.1) is 16.7 Å². The van der Waals surface area contributed by atoms with Crippen LogP contribution >= 0.6 is 0 Å². The Morgan fingerprint density at radius 3 is 2.78 bits per heavy atom. The molecule has 0 atom stereocenters. The van der Waals surface area contributed by atoms with Crippen molar-refractivity contribution < 1.29 is 0 Å². The summed E-state index contributed by atoms with van der Waals surface area (Å²) in [7, 11) is 4.03. The summed E-state index contributed by atoms with van der Waals surface area (Å²) in [6.45, 7) is 5.17. The molecule has 1 heterocycles. The first-order chi connectivity index (χ1) is 8.46. The number of nitriles is 1. The van der Waals surface area contributed by atoms with Crippen LogP contribution in [0.5, 0.6) is 0 Å². The third kappa shape index (κ3) is 4.25. The van der Waals surface area contributed by atoms with Crippen molar-refractivity contribution in [2.45, 2.75) is 26.7 Å². The largest absolute Gasteiger partial charge is 0.382 e. The molecule has 0 aliphatic rings. The molecule has 0 saturated heterocycles. The van der Waals surface area contributed by atoms with E-state index < -0.39 is 0 Å². The van der Waals surface area contributed by atoms with E-state index in [2.05, 4.69) is 35.1 Å². The Balaban J connectivity index is 2.66. The van der Waals surface area contributed by atoms with Gasteiger partial charge < -0.3 is 10.2 Å². The zero-order valence-corrected chi connectivity index (χ0v) is 11.7. The van der Waals surface area contributed by atoms with Crippen LogP contribution in [0.25, 0.3) is 0 Å². The van der Waals surface area contributed by atoms with Gasteiger partial charge in [0.15, 0.2) is 0 Å². The average Bonchev–Trinajstić information content (AvgIpc) is 2.34. The Morgan fingerprint density at radius 2 is 2.17 bits per heavy atom. The maximum Gasteiger partial charge on any atom is 0.0764 e. The lowest BCUT2D eigenvalue weighted by Gasteiger charge is -2.26. The molecule has 4 heteroatoms. The highest BCUT2D eigenvalue weighted by molar-refractivity contribution is 5.68. The van der Waals surface area contributed by atoms with Gasteiger partial charge in [-0.25, -0.2) is 0 Å². The number of anilines is 2. The minimum Gasteiger partial charge on any atom is -0.382 e. The van der Waals surface area contributed by atoms with Gasteiger partial charge in [-0.15, -0.1) is 0 Å². The molecule has 1 rings (SSSR count). The van der Waals surface area contributed by atoms with Gasteiger partial charge >= 0.3 is 0 Å². The molecule has 0 bridgehead atoms. The molecule has 1 aromatic rings. The maximum atomic E-state index is 8.64. The SMILES string of the molecule is CN(C)c1ccncc1NCC(C)(C)CCC#N. The molecular weight excluding hydrogens is 224 g/mol. The van der Waals surface area contributed by atoms with Gasteiger partial charge in [-0.2, -0.15) is 5.26 Å². The van der Waals surface area contributed by atoms with Gasteiger partial charge in [-0.3, -0.25) is 4.98 Å². The van der Waals surface area contributed by atoms with Crippen molar-refractivity contribution in [3.05, 3.63) is 18.5 Å².